The molecule has 0 unspecified atom stereocenters. The van der Waals surface area contributed by atoms with E-state index in [-0.39, 0.29) is 18.4 Å². The summed E-state index contributed by atoms with van der Waals surface area (Å²) in [6.07, 6.45) is 1.71. The van der Waals surface area contributed by atoms with Crippen LogP contribution < -0.4 is 15.4 Å². The van der Waals surface area contributed by atoms with E-state index in [1.54, 1.807) is 42.5 Å². The van der Waals surface area contributed by atoms with E-state index in [0.29, 0.717) is 30.7 Å². The Hall–Kier alpha value is -2.06. The zero-order valence-corrected chi connectivity index (χ0v) is 16.8. The van der Waals surface area contributed by atoms with Crippen molar-refractivity contribution in [1.29, 1.82) is 0 Å². The lowest BCUT2D eigenvalue weighted by Gasteiger charge is -2.09. The summed E-state index contributed by atoms with van der Waals surface area (Å²) >= 11 is 17.9. The number of benzene rings is 2. The van der Waals surface area contributed by atoms with E-state index in [2.05, 4.69) is 10.6 Å². The van der Waals surface area contributed by atoms with Gasteiger partial charge in [0.15, 0.2) is 6.61 Å². The van der Waals surface area contributed by atoms with E-state index >= 15 is 0 Å². The molecule has 0 aliphatic carbocycles. The zero-order valence-electron chi connectivity index (χ0n) is 13.6. The molecular formula is C18H12Cl2N2O3S2. The Labute approximate surface area is 175 Å². The van der Waals surface area contributed by atoms with Gasteiger partial charge in [-0.05, 0) is 42.0 Å². The number of thiocarbonyl (C=S) groups is 1. The van der Waals surface area contributed by atoms with Crippen molar-refractivity contribution in [3.05, 3.63) is 63.0 Å². The number of hydrogen-bond donors (Lipinski definition) is 2. The first-order chi connectivity index (χ1) is 12.9. The molecule has 27 heavy (non-hydrogen) atoms. The van der Waals surface area contributed by atoms with Crippen LogP contribution in [0.15, 0.2) is 47.4 Å². The minimum atomic E-state index is -0.340. The minimum absolute atomic E-state index is 0.181. The monoisotopic (exact) mass is 438 g/mol. The second-order valence-electron chi connectivity index (χ2n) is 5.39. The van der Waals surface area contributed by atoms with Crippen molar-refractivity contribution >= 4 is 75.1 Å². The maximum Gasteiger partial charge on any atom is 0.263 e. The van der Waals surface area contributed by atoms with Gasteiger partial charge in [0.2, 0.25) is 0 Å². The fraction of sp³-hybridized carbons (Fsp3) is 0.0556. The first-order valence-corrected chi connectivity index (χ1v) is 9.61. The van der Waals surface area contributed by atoms with Crippen LogP contribution in [-0.4, -0.2) is 22.7 Å². The number of amides is 2. The van der Waals surface area contributed by atoms with Crippen molar-refractivity contribution in [1.82, 2.24) is 5.32 Å². The maximum absolute atomic E-state index is 12.0. The van der Waals surface area contributed by atoms with Crippen LogP contribution in [0, 0.1) is 0 Å². The minimum Gasteiger partial charge on any atom is -0.484 e. The van der Waals surface area contributed by atoms with Gasteiger partial charge in [-0.1, -0.05) is 59.3 Å². The van der Waals surface area contributed by atoms with Gasteiger partial charge in [0, 0.05) is 5.69 Å². The first kappa shape index (κ1) is 19.7. The van der Waals surface area contributed by atoms with Gasteiger partial charge in [0.1, 0.15) is 10.1 Å². The van der Waals surface area contributed by atoms with Crippen LogP contribution in [0.25, 0.3) is 6.08 Å². The SMILES string of the molecule is O=C(COc1cccc(/C=C2/SC(=S)NC2=O)c1)Nc1ccc(Cl)c(Cl)c1. The Balaban J connectivity index is 1.60. The summed E-state index contributed by atoms with van der Waals surface area (Å²) in [6, 6.07) is 11.9. The van der Waals surface area contributed by atoms with Crippen molar-refractivity contribution in [2.45, 2.75) is 0 Å². The standard InChI is InChI=1S/C18H12Cl2N2O3S2/c19-13-5-4-11(8-14(13)20)21-16(23)9-25-12-3-1-2-10(6-12)7-15-17(24)22-18(26)27-15/h1-8H,9H2,(H,21,23)(H,22,24,26)/b15-7+. The third kappa shape index (κ3) is 5.46. The number of halogens is 2. The van der Waals surface area contributed by atoms with E-state index in [1.807, 2.05) is 6.07 Å². The van der Waals surface area contributed by atoms with Gasteiger partial charge >= 0.3 is 0 Å². The third-order valence-corrected chi connectivity index (χ3v) is 5.27. The molecule has 0 bridgehead atoms. The molecule has 138 valence electrons. The van der Waals surface area contributed by atoms with Crippen LogP contribution in [0.5, 0.6) is 5.75 Å². The average Bonchev–Trinajstić information content (AvgIpc) is 2.94. The van der Waals surface area contributed by atoms with E-state index in [1.165, 1.54) is 11.8 Å². The molecule has 5 nitrogen and oxygen atoms in total. The molecule has 0 spiro atoms. The van der Waals surface area contributed by atoms with Crippen LogP contribution in [-0.2, 0) is 9.59 Å². The highest BCUT2D eigenvalue weighted by atomic mass is 35.5. The van der Waals surface area contributed by atoms with Crippen molar-refractivity contribution in [3.8, 4) is 5.75 Å². The largest absolute Gasteiger partial charge is 0.484 e. The quantitative estimate of drug-likeness (QED) is 0.531. The Morgan fingerprint density at radius 2 is 2.04 bits per heavy atom. The fourth-order valence-corrected chi connectivity index (χ4v) is 3.53. The molecule has 2 aromatic carbocycles. The van der Waals surface area contributed by atoms with Gasteiger partial charge in [-0.15, -0.1) is 0 Å². The molecular weight excluding hydrogens is 427 g/mol. The Kier molecular flexibility index (Phi) is 6.38. The van der Waals surface area contributed by atoms with Crippen molar-refractivity contribution in [3.63, 3.8) is 0 Å². The Bertz CT molecular complexity index is 963. The van der Waals surface area contributed by atoms with Gasteiger partial charge in [0.25, 0.3) is 11.8 Å². The smallest absolute Gasteiger partial charge is 0.263 e. The maximum atomic E-state index is 12.0. The number of hydrogen-bond acceptors (Lipinski definition) is 5. The Morgan fingerprint density at radius 1 is 1.22 bits per heavy atom. The topological polar surface area (TPSA) is 67.4 Å². The molecule has 0 saturated carbocycles. The second-order valence-corrected chi connectivity index (χ2v) is 7.92. The van der Waals surface area contributed by atoms with Crippen molar-refractivity contribution in [2.75, 3.05) is 11.9 Å². The molecule has 1 fully saturated rings. The summed E-state index contributed by atoms with van der Waals surface area (Å²) < 4.78 is 5.94. The zero-order chi connectivity index (χ0) is 19.4. The molecule has 1 aliphatic heterocycles. The summed E-state index contributed by atoms with van der Waals surface area (Å²) in [5.74, 6) is -0.0647. The number of anilines is 1. The highest BCUT2D eigenvalue weighted by Crippen LogP contribution is 2.27. The van der Waals surface area contributed by atoms with Crippen LogP contribution >= 0.6 is 47.2 Å². The summed E-state index contributed by atoms with van der Waals surface area (Å²) in [5, 5.41) is 5.99. The van der Waals surface area contributed by atoms with Gasteiger partial charge in [-0.3, -0.25) is 9.59 Å². The van der Waals surface area contributed by atoms with E-state index in [4.69, 9.17) is 40.2 Å². The van der Waals surface area contributed by atoms with Crippen molar-refractivity contribution < 1.29 is 14.3 Å². The highest BCUT2D eigenvalue weighted by molar-refractivity contribution is 8.26. The summed E-state index contributed by atoms with van der Waals surface area (Å²) in [4.78, 5) is 24.3. The van der Waals surface area contributed by atoms with Gasteiger partial charge in [0.05, 0.1) is 15.0 Å². The van der Waals surface area contributed by atoms with Crippen LogP contribution in [0.2, 0.25) is 10.0 Å². The average molecular weight is 439 g/mol. The van der Waals surface area contributed by atoms with E-state index < -0.39 is 0 Å². The molecule has 3 rings (SSSR count). The lowest BCUT2D eigenvalue weighted by Crippen LogP contribution is -2.20. The van der Waals surface area contributed by atoms with E-state index in [0.717, 1.165) is 5.56 Å². The summed E-state index contributed by atoms with van der Waals surface area (Å²) in [7, 11) is 0. The molecule has 9 heteroatoms. The molecule has 2 N–H and O–H groups in total. The number of nitrogens with one attached hydrogen (secondary N) is 2. The normalized spacial score (nSPS) is 15.0. The van der Waals surface area contributed by atoms with Crippen LogP contribution in [0.4, 0.5) is 5.69 Å². The molecule has 1 saturated heterocycles. The molecule has 1 aliphatic rings. The molecule has 2 aromatic rings. The van der Waals surface area contributed by atoms with Crippen LogP contribution in [0.1, 0.15) is 5.56 Å². The molecule has 0 atom stereocenters. The Morgan fingerprint density at radius 3 is 2.74 bits per heavy atom. The van der Waals surface area contributed by atoms with E-state index in [9.17, 15) is 9.59 Å². The summed E-state index contributed by atoms with van der Waals surface area (Å²) in [6.45, 7) is -0.181. The van der Waals surface area contributed by atoms with Crippen LogP contribution in [0.3, 0.4) is 0 Å². The number of carbonyl (C=O) groups is 2. The molecule has 2 amide bonds. The predicted octanol–water partition coefficient (Wildman–Crippen LogP) is 4.50. The highest BCUT2D eigenvalue weighted by Gasteiger charge is 2.21. The second kappa shape index (κ2) is 8.75. The number of ether oxygens (including phenoxy) is 1. The number of carbonyl (C=O) groups excluding carboxylic acids is 2. The number of rotatable bonds is 5. The third-order valence-electron chi connectivity index (χ3n) is 3.37. The van der Waals surface area contributed by atoms with Gasteiger partial charge in [-0.2, -0.15) is 0 Å². The lowest BCUT2D eigenvalue weighted by molar-refractivity contribution is -0.118. The number of thioether (sulfide) groups is 1. The van der Waals surface area contributed by atoms with Gasteiger partial charge in [-0.25, -0.2) is 0 Å². The predicted molar refractivity (Wildman–Crippen MR) is 113 cm³/mol. The first-order valence-electron chi connectivity index (χ1n) is 7.63. The molecule has 1 heterocycles. The fourth-order valence-electron chi connectivity index (χ4n) is 2.19. The molecule has 0 aromatic heterocycles. The van der Waals surface area contributed by atoms with Gasteiger partial charge < -0.3 is 15.4 Å². The lowest BCUT2D eigenvalue weighted by atomic mass is 10.2. The summed E-state index contributed by atoms with van der Waals surface area (Å²) in [5.41, 5.74) is 1.29. The van der Waals surface area contributed by atoms with Crippen molar-refractivity contribution in [2.24, 2.45) is 0 Å². The molecule has 0 radical (unpaired) electrons.